The van der Waals surface area contributed by atoms with Gasteiger partial charge in [0, 0.05) is 12.2 Å². The summed E-state index contributed by atoms with van der Waals surface area (Å²) in [5.41, 5.74) is 4.09. The van der Waals surface area contributed by atoms with Gasteiger partial charge in [-0.1, -0.05) is 78.4 Å². The van der Waals surface area contributed by atoms with Crippen molar-refractivity contribution in [1.82, 2.24) is 4.90 Å². The molecule has 142 valence electrons. The Bertz CT molecular complexity index is 765. The Labute approximate surface area is 166 Å². The second kappa shape index (κ2) is 11.4. The molecule has 0 aliphatic heterocycles. The minimum absolute atomic E-state index is 0.0580. The number of allylic oxidation sites excluding steroid dienone is 1. The van der Waals surface area contributed by atoms with Crippen LogP contribution in [0.3, 0.4) is 0 Å². The molecule has 0 fully saturated rings. The van der Waals surface area contributed by atoms with E-state index in [4.69, 9.17) is 16.3 Å². The van der Waals surface area contributed by atoms with Gasteiger partial charge in [-0.2, -0.15) is 0 Å². The number of hydrogen-bond donors (Lipinski definition) is 0. The maximum Gasteiger partial charge on any atom is 0.242 e. The molecule has 0 aliphatic carbocycles. The molecule has 0 unspecified atom stereocenters. The van der Waals surface area contributed by atoms with Gasteiger partial charge in [-0.15, -0.1) is 11.6 Å². The highest BCUT2D eigenvalue weighted by Gasteiger charge is 2.19. The summed E-state index contributed by atoms with van der Waals surface area (Å²) >= 11 is 5.85. The number of alkyl halides is 1. The number of halogens is 1. The maximum atomic E-state index is 12.4. The molecule has 4 heteroatoms. The van der Waals surface area contributed by atoms with Crippen molar-refractivity contribution in [1.29, 1.82) is 0 Å². The first-order valence-electron chi connectivity index (χ1n) is 9.02. The van der Waals surface area contributed by atoms with E-state index in [1.165, 1.54) is 0 Å². The van der Waals surface area contributed by atoms with Crippen molar-refractivity contribution in [3.63, 3.8) is 0 Å². The molecule has 2 rings (SSSR count). The van der Waals surface area contributed by atoms with Crippen LogP contribution in [0.4, 0.5) is 0 Å². The van der Waals surface area contributed by atoms with Crippen LogP contribution in [0.15, 0.2) is 72.3 Å². The quantitative estimate of drug-likeness (QED) is 0.438. The van der Waals surface area contributed by atoms with E-state index < -0.39 is 0 Å². The summed E-state index contributed by atoms with van der Waals surface area (Å²) in [4.78, 5) is 14.1. The monoisotopic (exact) mass is 383 g/mol. The second-order valence-corrected chi connectivity index (χ2v) is 6.55. The van der Waals surface area contributed by atoms with E-state index in [2.05, 4.69) is 0 Å². The third kappa shape index (κ3) is 6.70. The third-order valence-corrected chi connectivity index (χ3v) is 4.22. The van der Waals surface area contributed by atoms with Gasteiger partial charge in [-0.3, -0.25) is 4.79 Å². The lowest BCUT2D eigenvalue weighted by Gasteiger charge is -2.26. The molecule has 2 aromatic carbocycles. The molecule has 0 radical (unpaired) electrons. The normalized spacial score (nSPS) is 10.8. The van der Waals surface area contributed by atoms with E-state index in [1.807, 2.05) is 86.7 Å². The van der Waals surface area contributed by atoms with Crippen molar-refractivity contribution in [2.75, 3.05) is 25.6 Å². The van der Waals surface area contributed by atoms with Crippen molar-refractivity contribution in [2.24, 2.45) is 0 Å². The zero-order chi connectivity index (χ0) is 19.5. The highest BCUT2D eigenvalue weighted by molar-refractivity contribution is 6.27. The lowest BCUT2D eigenvalue weighted by molar-refractivity contribution is -0.125. The topological polar surface area (TPSA) is 29.5 Å². The Balaban J connectivity index is 1.97. The average molecular weight is 384 g/mol. The molecule has 0 saturated heterocycles. The summed E-state index contributed by atoms with van der Waals surface area (Å²) < 4.78 is 5.70. The van der Waals surface area contributed by atoms with Crippen molar-refractivity contribution >= 4 is 29.3 Å². The van der Waals surface area contributed by atoms with Crippen LogP contribution in [0.2, 0.25) is 0 Å². The molecule has 0 aromatic heterocycles. The predicted molar refractivity (Wildman–Crippen MR) is 113 cm³/mol. The fraction of sp³-hybridized carbons (Fsp3) is 0.261. The Morgan fingerprint density at radius 3 is 2.26 bits per heavy atom. The van der Waals surface area contributed by atoms with Crippen LogP contribution >= 0.6 is 11.6 Å². The summed E-state index contributed by atoms with van der Waals surface area (Å²) in [5.74, 6) is -0.183. The number of benzene rings is 2. The van der Waals surface area contributed by atoms with Gasteiger partial charge < -0.3 is 9.64 Å². The first kappa shape index (κ1) is 20.9. The van der Waals surface area contributed by atoms with E-state index in [-0.39, 0.29) is 11.8 Å². The van der Waals surface area contributed by atoms with Crippen molar-refractivity contribution in [2.45, 2.75) is 13.8 Å². The molecule has 1 amide bonds. The molecule has 0 N–H and O–H groups in total. The average Bonchev–Trinajstić information content (AvgIpc) is 2.70. The highest BCUT2D eigenvalue weighted by Crippen LogP contribution is 2.23. The Morgan fingerprint density at radius 1 is 1.04 bits per heavy atom. The number of ether oxygens (including phenoxy) is 1. The summed E-state index contributed by atoms with van der Waals surface area (Å²) in [7, 11) is 0. The first-order valence-corrected chi connectivity index (χ1v) is 9.55. The van der Waals surface area contributed by atoms with Gasteiger partial charge in [0.05, 0.1) is 13.2 Å². The van der Waals surface area contributed by atoms with E-state index >= 15 is 0 Å². The van der Waals surface area contributed by atoms with Gasteiger partial charge in [0.2, 0.25) is 5.91 Å². The molecule has 0 atom stereocenters. The van der Waals surface area contributed by atoms with Crippen LogP contribution in [0.25, 0.3) is 11.8 Å². The molecule has 0 aliphatic rings. The van der Waals surface area contributed by atoms with Crippen LogP contribution < -0.4 is 0 Å². The van der Waals surface area contributed by atoms with Crippen LogP contribution in [-0.4, -0.2) is 36.4 Å². The number of rotatable bonds is 9. The SMILES string of the molecule is CC(C)=C(c1ccccc1)N(CCOC/C=C/c1ccccc1)C(=O)CCl. The van der Waals surface area contributed by atoms with E-state index in [1.54, 1.807) is 4.90 Å². The van der Waals surface area contributed by atoms with E-state index in [9.17, 15) is 4.79 Å². The smallest absolute Gasteiger partial charge is 0.242 e. The molecule has 0 saturated carbocycles. The zero-order valence-electron chi connectivity index (χ0n) is 15.9. The van der Waals surface area contributed by atoms with Gasteiger partial charge in [-0.05, 0) is 25.0 Å². The Kier molecular flexibility index (Phi) is 8.82. The maximum absolute atomic E-state index is 12.4. The second-order valence-electron chi connectivity index (χ2n) is 6.28. The van der Waals surface area contributed by atoms with Gasteiger partial charge in [0.1, 0.15) is 5.88 Å². The summed E-state index contributed by atoms with van der Waals surface area (Å²) in [5, 5.41) is 0. The molecule has 0 heterocycles. The number of hydrogen-bond acceptors (Lipinski definition) is 2. The Morgan fingerprint density at radius 2 is 1.67 bits per heavy atom. The number of carbonyl (C=O) groups excluding carboxylic acids is 1. The van der Waals surface area contributed by atoms with Gasteiger partial charge in [0.15, 0.2) is 0 Å². The molecular weight excluding hydrogens is 358 g/mol. The van der Waals surface area contributed by atoms with E-state index in [0.29, 0.717) is 19.8 Å². The van der Waals surface area contributed by atoms with Crippen molar-refractivity contribution < 1.29 is 9.53 Å². The van der Waals surface area contributed by atoms with Crippen LogP contribution in [0.1, 0.15) is 25.0 Å². The van der Waals surface area contributed by atoms with Crippen LogP contribution in [-0.2, 0) is 9.53 Å². The summed E-state index contributed by atoms with van der Waals surface area (Å²) in [6, 6.07) is 20.0. The molecule has 2 aromatic rings. The minimum Gasteiger partial charge on any atom is -0.376 e. The van der Waals surface area contributed by atoms with E-state index in [0.717, 1.165) is 22.4 Å². The largest absolute Gasteiger partial charge is 0.376 e. The standard InChI is InChI=1S/C23H26ClNO2/c1-19(2)23(21-13-7-4-8-14-21)25(22(26)18-24)15-17-27-16-9-12-20-10-5-3-6-11-20/h3-14H,15-18H2,1-2H3/b12-9+. The zero-order valence-corrected chi connectivity index (χ0v) is 16.7. The number of carbonyl (C=O) groups is 1. The summed E-state index contributed by atoms with van der Waals surface area (Å²) in [6.45, 7) is 5.39. The van der Waals surface area contributed by atoms with Gasteiger partial charge in [-0.25, -0.2) is 0 Å². The fourth-order valence-electron chi connectivity index (χ4n) is 2.80. The molecule has 27 heavy (non-hydrogen) atoms. The fourth-order valence-corrected chi connectivity index (χ4v) is 2.94. The molecule has 0 bridgehead atoms. The van der Waals surface area contributed by atoms with Gasteiger partial charge >= 0.3 is 0 Å². The molecule has 3 nitrogen and oxygen atoms in total. The van der Waals surface area contributed by atoms with Crippen LogP contribution in [0, 0.1) is 0 Å². The highest BCUT2D eigenvalue weighted by atomic mass is 35.5. The predicted octanol–water partition coefficient (Wildman–Crippen LogP) is 5.23. The summed E-state index contributed by atoms with van der Waals surface area (Å²) in [6.07, 6.45) is 4.00. The first-order chi connectivity index (χ1) is 13.1. The molecular formula is C23H26ClNO2. The lowest BCUT2D eigenvalue weighted by atomic mass is 10.1. The minimum atomic E-state index is -0.125. The lowest BCUT2D eigenvalue weighted by Crippen LogP contribution is -2.34. The third-order valence-electron chi connectivity index (χ3n) is 3.99. The Hall–Kier alpha value is -2.36. The van der Waals surface area contributed by atoms with Crippen molar-refractivity contribution in [3.05, 3.63) is 83.4 Å². The van der Waals surface area contributed by atoms with Crippen LogP contribution in [0.5, 0.6) is 0 Å². The number of nitrogens with zero attached hydrogens (tertiary/aromatic N) is 1. The molecule has 0 spiro atoms. The van der Waals surface area contributed by atoms with Gasteiger partial charge in [0.25, 0.3) is 0 Å². The number of amides is 1. The van der Waals surface area contributed by atoms with Crippen molar-refractivity contribution in [3.8, 4) is 0 Å².